The van der Waals surface area contributed by atoms with E-state index in [2.05, 4.69) is 10.1 Å². The molecule has 0 amide bonds. The van der Waals surface area contributed by atoms with E-state index in [9.17, 15) is 4.39 Å². The zero-order valence-electron chi connectivity index (χ0n) is 10.4. The lowest BCUT2D eigenvalue weighted by atomic mass is 10.0. The van der Waals surface area contributed by atoms with Gasteiger partial charge in [-0.1, -0.05) is 5.16 Å². The van der Waals surface area contributed by atoms with E-state index in [4.69, 9.17) is 10.9 Å². The van der Waals surface area contributed by atoms with Gasteiger partial charge < -0.3 is 15.8 Å². The summed E-state index contributed by atoms with van der Waals surface area (Å²) in [5.74, 6) is 0.0462. The highest BCUT2D eigenvalue weighted by atomic mass is 19.1. The van der Waals surface area contributed by atoms with Gasteiger partial charge in [0.1, 0.15) is 11.7 Å². The smallest absolute Gasteiger partial charge is 0.139 e. The van der Waals surface area contributed by atoms with Crippen molar-refractivity contribution in [3.8, 4) is 0 Å². The van der Waals surface area contributed by atoms with Crippen LogP contribution in [0.2, 0.25) is 0 Å². The van der Waals surface area contributed by atoms with Crippen molar-refractivity contribution >= 4 is 11.5 Å². The Kier molecular flexibility index (Phi) is 3.41. The number of nitrogens with two attached hydrogens (primary N) is 1. The lowest BCUT2D eigenvalue weighted by Gasteiger charge is -2.25. The Morgan fingerprint density at radius 3 is 2.56 bits per heavy atom. The molecule has 0 aliphatic heterocycles. The highest BCUT2D eigenvalue weighted by molar-refractivity contribution is 5.80. The molecule has 1 aromatic carbocycles. The van der Waals surface area contributed by atoms with Crippen LogP contribution in [-0.4, -0.2) is 24.6 Å². The van der Waals surface area contributed by atoms with Crippen molar-refractivity contribution in [1.29, 1.82) is 0 Å². The van der Waals surface area contributed by atoms with Crippen molar-refractivity contribution in [3.63, 3.8) is 0 Å². The second-order valence-electron chi connectivity index (χ2n) is 5.10. The third kappa shape index (κ3) is 2.91. The summed E-state index contributed by atoms with van der Waals surface area (Å²) in [4.78, 5) is 2.08. The molecule has 1 saturated carbocycles. The van der Waals surface area contributed by atoms with Gasteiger partial charge in [0.05, 0.1) is 0 Å². The lowest BCUT2D eigenvalue weighted by molar-refractivity contribution is 0.314. The van der Waals surface area contributed by atoms with E-state index >= 15 is 0 Å². The van der Waals surface area contributed by atoms with Gasteiger partial charge >= 0.3 is 0 Å². The number of rotatable bonds is 5. The number of amidine groups is 1. The molecule has 18 heavy (non-hydrogen) atoms. The maximum atomic E-state index is 12.8. The van der Waals surface area contributed by atoms with Crippen LogP contribution in [-0.2, 0) is 0 Å². The van der Waals surface area contributed by atoms with Gasteiger partial charge in [0, 0.05) is 25.7 Å². The molecule has 1 aromatic rings. The fraction of sp³-hybridized carbons (Fsp3) is 0.462. The Hall–Kier alpha value is -1.78. The Morgan fingerprint density at radius 1 is 1.44 bits per heavy atom. The molecule has 0 aromatic heterocycles. The van der Waals surface area contributed by atoms with Crippen LogP contribution in [0.5, 0.6) is 0 Å². The fourth-order valence-corrected chi connectivity index (χ4v) is 2.28. The predicted molar refractivity (Wildman–Crippen MR) is 69.4 cm³/mol. The van der Waals surface area contributed by atoms with Crippen molar-refractivity contribution < 1.29 is 9.60 Å². The molecule has 3 N–H and O–H groups in total. The van der Waals surface area contributed by atoms with Crippen LogP contribution in [0.25, 0.3) is 0 Å². The summed E-state index contributed by atoms with van der Waals surface area (Å²) in [6.07, 6.45) is 2.76. The number of hydrogen-bond acceptors (Lipinski definition) is 3. The van der Waals surface area contributed by atoms with Crippen LogP contribution in [0.3, 0.4) is 0 Å². The summed E-state index contributed by atoms with van der Waals surface area (Å²) >= 11 is 0. The van der Waals surface area contributed by atoms with Gasteiger partial charge in [-0.3, -0.25) is 0 Å². The molecule has 0 unspecified atom stereocenters. The standard InChI is InChI=1S/C13H18FN3O/c1-17(11-4-2-10(14)3-5-11)9-13(6-7-13)8-12(15)16-18/h2-5,18H,6-9H2,1H3,(H2,15,16). The molecule has 0 spiro atoms. The molecule has 0 saturated heterocycles. The van der Waals surface area contributed by atoms with Gasteiger partial charge in [0.15, 0.2) is 0 Å². The van der Waals surface area contributed by atoms with Crippen molar-refractivity contribution in [2.75, 3.05) is 18.5 Å². The second-order valence-corrected chi connectivity index (χ2v) is 5.10. The average Bonchev–Trinajstić information content (AvgIpc) is 3.09. The van der Waals surface area contributed by atoms with Crippen molar-refractivity contribution in [1.82, 2.24) is 0 Å². The first-order chi connectivity index (χ1) is 8.54. The highest BCUT2D eigenvalue weighted by Crippen LogP contribution is 2.49. The van der Waals surface area contributed by atoms with E-state index < -0.39 is 0 Å². The number of benzene rings is 1. The summed E-state index contributed by atoms with van der Waals surface area (Å²) < 4.78 is 12.8. The van der Waals surface area contributed by atoms with E-state index in [1.54, 1.807) is 12.1 Å². The molecular weight excluding hydrogens is 233 g/mol. The summed E-state index contributed by atoms with van der Waals surface area (Å²) in [5.41, 5.74) is 6.65. The summed E-state index contributed by atoms with van der Waals surface area (Å²) in [5, 5.41) is 11.6. The van der Waals surface area contributed by atoms with Crippen LogP contribution >= 0.6 is 0 Å². The Morgan fingerprint density at radius 2 is 2.06 bits per heavy atom. The third-order valence-corrected chi connectivity index (χ3v) is 3.48. The number of halogens is 1. The maximum Gasteiger partial charge on any atom is 0.139 e. The van der Waals surface area contributed by atoms with E-state index in [1.807, 2.05) is 7.05 Å². The molecular formula is C13H18FN3O. The highest BCUT2D eigenvalue weighted by Gasteiger charge is 2.44. The van der Waals surface area contributed by atoms with Crippen LogP contribution < -0.4 is 10.6 Å². The molecule has 1 aliphatic carbocycles. The third-order valence-electron chi connectivity index (χ3n) is 3.48. The van der Waals surface area contributed by atoms with Crippen LogP contribution in [0.1, 0.15) is 19.3 Å². The normalized spacial score (nSPS) is 17.6. The number of nitrogens with zero attached hydrogens (tertiary/aromatic N) is 2. The second kappa shape index (κ2) is 4.84. The number of oxime groups is 1. The first-order valence-electron chi connectivity index (χ1n) is 5.98. The molecule has 1 aliphatic rings. The molecule has 98 valence electrons. The van der Waals surface area contributed by atoms with Gasteiger partial charge in [0.25, 0.3) is 0 Å². The van der Waals surface area contributed by atoms with Crippen LogP contribution in [0.15, 0.2) is 29.4 Å². The van der Waals surface area contributed by atoms with E-state index in [-0.39, 0.29) is 17.1 Å². The zero-order chi connectivity index (χ0) is 13.2. The van der Waals surface area contributed by atoms with Gasteiger partial charge in [-0.15, -0.1) is 0 Å². The summed E-state index contributed by atoms with van der Waals surface area (Å²) in [7, 11) is 1.97. The molecule has 0 radical (unpaired) electrons. The summed E-state index contributed by atoms with van der Waals surface area (Å²) in [6, 6.07) is 6.42. The molecule has 0 bridgehead atoms. The van der Waals surface area contributed by atoms with Crippen LogP contribution in [0.4, 0.5) is 10.1 Å². The first kappa shape index (κ1) is 12.7. The van der Waals surface area contributed by atoms with E-state index in [0.29, 0.717) is 6.42 Å². The topological polar surface area (TPSA) is 61.8 Å². The minimum absolute atomic E-state index is 0.111. The molecule has 1 fully saturated rings. The lowest BCUT2D eigenvalue weighted by Crippen LogP contribution is -2.30. The molecule has 0 atom stereocenters. The number of hydrogen-bond donors (Lipinski definition) is 2. The Bertz CT molecular complexity index is 440. The average molecular weight is 251 g/mol. The largest absolute Gasteiger partial charge is 0.409 e. The summed E-state index contributed by atoms with van der Waals surface area (Å²) in [6.45, 7) is 0.828. The molecule has 2 rings (SSSR count). The minimum Gasteiger partial charge on any atom is -0.409 e. The van der Waals surface area contributed by atoms with Gasteiger partial charge in [-0.05, 0) is 42.5 Å². The Labute approximate surface area is 106 Å². The molecule has 4 nitrogen and oxygen atoms in total. The van der Waals surface area contributed by atoms with Crippen molar-refractivity contribution in [2.24, 2.45) is 16.3 Å². The van der Waals surface area contributed by atoms with Crippen molar-refractivity contribution in [3.05, 3.63) is 30.1 Å². The molecule has 0 heterocycles. The molecule has 5 heteroatoms. The quantitative estimate of drug-likeness (QED) is 0.365. The maximum absolute atomic E-state index is 12.8. The SMILES string of the molecule is CN(CC1(CC(N)=NO)CC1)c1ccc(F)cc1. The van der Waals surface area contributed by atoms with Crippen molar-refractivity contribution in [2.45, 2.75) is 19.3 Å². The monoisotopic (exact) mass is 251 g/mol. The zero-order valence-corrected chi connectivity index (χ0v) is 10.4. The fourth-order valence-electron chi connectivity index (χ4n) is 2.28. The number of anilines is 1. The van der Waals surface area contributed by atoms with Gasteiger partial charge in [-0.2, -0.15) is 0 Å². The Balaban J connectivity index is 1.99. The first-order valence-corrected chi connectivity index (χ1v) is 5.98. The minimum atomic E-state index is -0.232. The van der Waals surface area contributed by atoms with E-state index in [1.165, 1.54) is 12.1 Å². The van der Waals surface area contributed by atoms with E-state index in [0.717, 1.165) is 25.1 Å². The van der Waals surface area contributed by atoms with Gasteiger partial charge in [-0.25, -0.2) is 4.39 Å². The van der Waals surface area contributed by atoms with Crippen LogP contribution in [0, 0.1) is 11.2 Å². The predicted octanol–water partition coefficient (Wildman–Crippen LogP) is 2.18. The van der Waals surface area contributed by atoms with Gasteiger partial charge in [0.2, 0.25) is 0 Å².